The van der Waals surface area contributed by atoms with Crippen molar-refractivity contribution in [2.45, 2.75) is 25.8 Å². The first-order valence-electron chi connectivity index (χ1n) is 5.77. The molecule has 1 unspecified atom stereocenters. The fourth-order valence-electron chi connectivity index (χ4n) is 2.63. The lowest BCUT2D eigenvalue weighted by Crippen LogP contribution is -2.20. The number of halogens is 1. The van der Waals surface area contributed by atoms with Crippen molar-refractivity contribution in [3.8, 4) is 0 Å². The second-order valence-electron chi connectivity index (χ2n) is 4.84. The van der Waals surface area contributed by atoms with Crippen molar-refractivity contribution < 1.29 is 0 Å². The molecule has 1 saturated heterocycles. The zero-order chi connectivity index (χ0) is 10.3. The molecule has 1 aromatic heterocycles. The van der Waals surface area contributed by atoms with E-state index < -0.39 is 0 Å². The zero-order valence-corrected chi connectivity index (χ0v) is 11.2. The fraction of sp³-hybridized carbons (Fsp3) is 0.667. The number of nitrogens with zero attached hydrogens (tertiary/aromatic N) is 1. The van der Waals surface area contributed by atoms with Crippen LogP contribution in [0.2, 0.25) is 0 Å². The summed E-state index contributed by atoms with van der Waals surface area (Å²) in [6.07, 6.45) is 4.44. The summed E-state index contributed by atoms with van der Waals surface area (Å²) in [6, 6.07) is 2.25. The van der Waals surface area contributed by atoms with Crippen molar-refractivity contribution in [3.05, 3.63) is 20.8 Å². The van der Waals surface area contributed by atoms with E-state index in [4.69, 9.17) is 0 Å². The van der Waals surface area contributed by atoms with E-state index in [1.807, 2.05) is 0 Å². The molecule has 3 heteroatoms. The van der Waals surface area contributed by atoms with Gasteiger partial charge in [0.15, 0.2) is 0 Å². The summed E-state index contributed by atoms with van der Waals surface area (Å²) in [6.45, 7) is 3.80. The molecule has 15 heavy (non-hydrogen) atoms. The molecule has 2 fully saturated rings. The molecule has 0 spiro atoms. The van der Waals surface area contributed by atoms with Gasteiger partial charge in [0.1, 0.15) is 0 Å². The molecule has 1 nitrogen and oxygen atoms in total. The lowest BCUT2D eigenvalue weighted by molar-refractivity contribution is 0.310. The Morgan fingerprint density at radius 3 is 2.87 bits per heavy atom. The van der Waals surface area contributed by atoms with E-state index >= 15 is 0 Å². The molecule has 1 saturated carbocycles. The maximum absolute atomic E-state index is 3.62. The van der Waals surface area contributed by atoms with E-state index in [1.165, 1.54) is 41.7 Å². The predicted octanol–water partition coefficient (Wildman–Crippen LogP) is 3.74. The Hall–Kier alpha value is 0.140. The van der Waals surface area contributed by atoms with Crippen molar-refractivity contribution in [1.82, 2.24) is 4.90 Å². The van der Waals surface area contributed by atoms with Gasteiger partial charge in [0, 0.05) is 13.1 Å². The molecule has 3 rings (SSSR count). The second-order valence-corrected chi connectivity index (χ2v) is 7.07. The van der Waals surface area contributed by atoms with E-state index in [9.17, 15) is 0 Å². The third-order valence-corrected chi connectivity index (χ3v) is 5.50. The van der Waals surface area contributed by atoms with Crippen molar-refractivity contribution >= 4 is 27.3 Å². The van der Waals surface area contributed by atoms with Gasteiger partial charge in [-0.3, -0.25) is 4.90 Å². The Morgan fingerprint density at radius 2 is 2.20 bits per heavy atom. The van der Waals surface area contributed by atoms with Crippen molar-refractivity contribution in [1.29, 1.82) is 0 Å². The van der Waals surface area contributed by atoms with Gasteiger partial charge in [0.05, 0.1) is 3.79 Å². The van der Waals surface area contributed by atoms with E-state index in [0.29, 0.717) is 0 Å². The predicted molar refractivity (Wildman–Crippen MR) is 68.1 cm³/mol. The van der Waals surface area contributed by atoms with Crippen LogP contribution in [0.25, 0.3) is 0 Å². The zero-order valence-electron chi connectivity index (χ0n) is 8.79. The standard InChI is InChI=1S/C12H16BrNS/c13-12-11(4-6-15-12)8-14-5-3-10(7-14)9-1-2-9/h4,6,9-10H,1-3,5,7-8H2. The molecule has 2 heterocycles. The number of likely N-dealkylation sites (tertiary alicyclic amines) is 1. The highest BCUT2D eigenvalue weighted by molar-refractivity contribution is 9.11. The molecule has 0 radical (unpaired) electrons. The molecule has 1 aromatic rings. The molecule has 82 valence electrons. The Kier molecular flexibility index (Phi) is 2.88. The van der Waals surface area contributed by atoms with Crippen LogP contribution >= 0.6 is 27.3 Å². The van der Waals surface area contributed by atoms with Gasteiger partial charge in [-0.1, -0.05) is 0 Å². The molecule has 0 bridgehead atoms. The minimum Gasteiger partial charge on any atom is -0.299 e. The SMILES string of the molecule is Brc1sccc1CN1CCC(C2CC2)C1. The summed E-state index contributed by atoms with van der Waals surface area (Å²) in [5.41, 5.74) is 1.47. The molecular formula is C12H16BrNS. The summed E-state index contributed by atoms with van der Waals surface area (Å²) in [5, 5.41) is 2.17. The number of rotatable bonds is 3. The van der Waals surface area contributed by atoms with Crippen LogP contribution in [0.1, 0.15) is 24.8 Å². The highest BCUT2D eigenvalue weighted by atomic mass is 79.9. The number of hydrogen-bond acceptors (Lipinski definition) is 2. The Morgan fingerprint density at radius 1 is 1.33 bits per heavy atom. The maximum Gasteiger partial charge on any atom is 0.0743 e. The highest BCUT2D eigenvalue weighted by Crippen LogP contribution is 2.41. The normalized spacial score (nSPS) is 27.4. The van der Waals surface area contributed by atoms with Crippen LogP contribution in [0.3, 0.4) is 0 Å². The smallest absolute Gasteiger partial charge is 0.0743 e. The molecule has 0 N–H and O–H groups in total. The summed E-state index contributed by atoms with van der Waals surface area (Å²) < 4.78 is 1.32. The summed E-state index contributed by atoms with van der Waals surface area (Å²) in [5.74, 6) is 2.10. The Balaban J connectivity index is 1.58. The summed E-state index contributed by atoms with van der Waals surface area (Å²) in [7, 11) is 0. The van der Waals surface area contributed by atoms with Gasteiger partial charge in [-0.15, -0.1) is 11.3 Å². The van der Waals surface area contributed by atoms with Gasteiger partial charge in [-0.05, 0) is 70.6 Å². The van der Waals surface area contributed by atoms with Gasteiger partial charge in [0.25, 0.3) is 0 Å². The minimum atomic E-state index is 1.02. The first-order valence-corrected chi connectivity index (χ1v) is 7.44. The van der Waals surface area contributed by atoms with Gasteiger partial charge < -0.3 is 0 Å². The first-order chi connectivity index (χ1) is 7.33. The molecule has 0 amide bonds. The van der Waals surface area contributed by atoms with Crippen molar-refractivity contribution in [3.63, 3.8) is 0 Å². The highest BCUT2D eigenvalue weighted by Gasteiger charge is 2.35. The molecular weight excluding hydrogens is 270 g/mol. The molecule has 1 aliphatic heterocycles. The Bertz CT molecular complexity index is 345. The van der Waals surface area contributed by atoms with Crippen molar-refractivity contribution in [2.75, 3.05) is 13.1 Å². The van der Waals surface area contributed by atoms with E-state index in [-0.39, 0.29) is 0 Å². The average molecular weight is 286 g/mol. The quantitative estimate of drug-likeness (QED) is 0.818. The summed E-state index contributed by atoms with van der Waals surface area (Å²) >= 11 is 5.42. The minimum absolute atomic E-state index is 1.02. The van der Waals surface area contributed by atoms with Crippen LogP contribution in [0, 0.1) is 11.8 Å². The third-order valence-electron chi connectivity index (χ3n) is 3.68. The van der Waals surface area contributed by atoms with Crippen LogP contribution < -0.4 is 0 Å². The van der Waals surface area contributed by atoms with Gasteiger partial charge in [-0.2, -0.15) is 0 Å². The monoisotopic (exact) mass is 285 g/mol. The van der Waals surface area contributed by atoms with Gasteiger partial charge in [-0.25, -0.2) is 0 Å². The molecule has 1 atom stereocenters. The van der Waals surface area contributed by atoms with Crippen LogP contribution in [-0.2, 0) is 6.54 Å². The third kappa shape index (κ3) is 2.29. The maximum atomic E-state index is 3.62. The van der Waals surface area contributed by atoms with E-state index in [1.54, 1.807) is 11.3 Å². The van der Waals surface area contributed by atoms with Gasteiger partial charge >= 0.3 is 0 Å². The fourth-order valence-corrected chi connectivity index (χ4v) is 3.85. The lowest BCUT2D eigenvalue weighted by Gasteiger charge is -2.15. The molecule has 1 aliphatic carbocycles. The largest absolute Gasteiger partial charge is 0.299 e. The van der Waals surface area contributed by atoms with E-state index in [2.05, 4.69) is 32.3 Å². The van der Waals surface area contributed by atoms with Crippen LogP contribution in [0.5, 0.6) is 0 Å². The van der Waals surface area contributed by atoms with Crippen LogP contribution in [0.4, 0.5) is 0 Å². The molecule has 2 aliphatic rings. The average Bonchev–Trinajstić information content (AvgIpc) is 2.86. The number of hydrogen-bond donors (Lipinski definition) is 0. The topological polar surface area (TPSA) is 3.24 Å². The van der Waals surface area contributed by atoms with E-state index in [0.717, 1.165) is 18.4 Å². The van der Waals surface area contributed by atoms with Crippen LogP contribution in [-0.4, -0.2) is 18.0 Å². The van der Waals surface area contributed by atoms with Crippen LogP contribution in [0.15, 0.2) is 15.2 Å². The summed E-state index contributed by atoms with van der Waals surface area (Å²) in [4.78, 5) is 2.62. The molecule has 0 aromatic carbocycles. The second kappa shape index (κ2) is 4.19. The number of thiophene rings is 1. The Labute approximate surface area is 104 Å². The lowest BCUT2D eigenvalue weighted by atomic mass is 10.0. The van der Waals surface area contributed by atoms with Gasteiger partial charge in [0.2, 0.25) is 0 Å². The van der Waals surface area contributed by atoms with Crippen molar-refractivity contribution in [2.24, 2.45) is 11.8 Å². The first kappa shape index (κ1) is 10.3.